The van der Waals surface area contributed by atoms with Crippen molar-refractivity contribution in [1.29, 1.82) is 0 Å². The van der Waals surface area contributed by atoms with Crippen LogP contribution in [0.3, 0.4) is 0 Å². The van der Waals surface area contributed by atoms with E-state index in [0.717, 1.165) is 16.7 Å². The third-order valence-corrected chi connectivity index (χ3v) is 4.15. The largest absolute Gasteiger partial charge is 0.423 e. The molecule has 0 saturated carbocycles. The molecule has 7 nitrogen and oxygen atoms in total. The van der Waals surface area contributed by atoms with Crippen molar-refractivity contribution < 1.29 is 9.21 Å². The molecule has 128 valence electrons. The summed E-state index contributed by atoms with van der Waals surface area (Å²) in [5, 5.41) is 10.5. The van der Waals surface area contributed by atoms with E-state index >= 15 is 0 Å². The number of aryl methyl sites for hydroxylation is 1. The lowest BCUT2D eigenvalue weighted by Crippen LogP contribution is -2.33. The van der Waals surface area contributed by atoms with Crippen molar-refractivity contribution in [3.05, 3.63) is 60.2 Å². The number of nitrogens with zero attached hydrogens (tertiary/aromatic N) is 4. The molecule has 1 aromatic carbocycles. The summed E-state index contributed by atoms with van der Waals surface area (Å²) in [7, 11) is 1.75. The summed E-state index contributed by atoms with van der Waals surface area (Å²) in [5.41, 5.74) is 3.36. The van der Waals surface area contributed by atoms with E-state index in [2.05, 4.69) is 20.5 Å². The average Bonchev–Trinajstić information content (AvgIpc) is 3.17. The van der Waals surface area contributed by atoms with Gasteiger partial charge in [0.15, 0.2) is 0 Å². The fourth-order valence-electron chi connectivity index (χ4n) is 2.41. The summed E-state index contributed by atoms with van der Waals surface area (Å²) in [6, 6.07) is 9.09. The number of nitrogens with one attached hydrogen (secondary N) is 1. The summed E-state index contributed by atoms with van der Waals surface area (Å²) in [5.74, 6) is 0.410. The molecule has 0 aliphatic rings. The number of rotatable bonds is 4. The highest BCUT2D eigenvalue weighted by atomic mass is 16.4. The number of carbonyl (C=O) groups excluding carboxylic acids is 1. The SMILES string of the molecule is Cc1ccc(-c2nnco2)cc1NC(=O)N(C)[C@H](C)c1cccnc1. The molecule has 0 bridgehead atoms. The van der Waals surface area contributed by atoms with Crippen LogP contribution >= 0.6 is 0 Å². The Kier molecular flexibility index (Phi) is 4.74. The van der Waals surface area contributed by atoms with Gasteiger partial charge < -0.3 is 14.6 Å². The molecular weight excluding hydrogens is 318 g/mol. The smallest absolute Gasteiger partial charge is 0.322 e. The van der Waals surface area contributed by atoms with E-state index in [4.69, 9.17) is 4.42 Å². The number of amides is 2. The first-order valence-electron chi connectivity index (χ1n) is 7.87. The molecule has 3 rings (SSSR count). The van der Waals surface area contributed by atoms with Crippen LogP contribution < -0.4 is 5.32 Å². The van der Waals surface area contributed by atoms with Gasteiger partial charge in [0.1, 0.15) is 0 Å². The van der Waals surface area contributed by atoms with E-state index in [1.165, 1.54) is 6.39 Å². The molecule has 1 N–H and O–H groups in total. The minimum absolute atomic E-state index is 0.104. The van der Waals surface area contributed by atoms with E-state index in [0.29, 0.717) is 11.6 Å². The molecule has 0 aliphatic heterocycles. The highest BCUT2D eigenvalue weighted by Gasteiger charge is 2.18. The molecule has 2 aromatic heterocycles. The van der Waals surface area contributed by atoms with Gasteiger partial charge in [0, 0.05) is 30.7 Å². The molecule has 25 heavy (non-hydrogen) atoms. The average molecular weight is 337 g/mol. The Morgan fingerprint density at radius 3 is 2.84 bits per heavy atom. The van der Waals surface area contributed by atoms with Gasteiger partial charge in [-0.2, -0.15) is 0 Å². The number of hydrogen-bond acceptors (Lipinski definition) is 5. The normalized spacial score (nSPS) is 11.8. The molecule has 0 unspecified atom stereocenters. The van der Waals surface area contributed by atoms with E-state index in [-0.39, 0.29) is 12.1 Å². The molecule has 0 fully saturated rings. The van der Waals surface area contributed by atoms with Crippen LogP contribution in [0.2, 0.25) is 0 Å². The maximum absolute atomic E-state index is 12.6. The lowest BCUT2D eigenvalue weighted by atomic mass is 10.1. The van der Waals surface area contributed by atoms with Gasteiger partial charge >= 0.3 is 6.03 Å². The third kappa shape index (κ3) is 3.65. The predicted octanol–water partition coefficient (Wildman–Crippen LogP) is 3.66. The highest BCUT2D eigenvalue weighted by Crippen LogP contribution is 2.25. The molecule has 0 spiro atoms. The minimum atomic E-state index is -0.206. The van der Waals surface area contributed by atoms with Gasteiger partial charge in [0.05, 0.1) is 6.04 Å². The van der Waals surface area contributed by atoms with E-state index in [1.54, 1.807) is 24.3 Å². The van der Waals surface area contributed by atoms with Gasteiger partial charge in [-0.1, -0.05) is 12.1 Å². The summed E-state index contributed by atoms with van der Waals surface area (Å²) in [6.45, 7) is 3.88. The number of benzene rings is 1. The van der Waals surface area contributed by atoms with Crippen LogP contribution in [0, 0.1) is 6.92 Å². The van der Waals surface area contributed by atoms with Crippen molar-refractivity contribution in [2.45, 2.75) is 19.9 Å². The number of hydrogen-bond donors (Lipinski definition) is 1. The van der Waals surface area contributed by atoms with Crippen LogP contribution in [0.1, 0.15) is 24.1 Å². The Balaban J connectivity index is 1.77. The Bertz CT molecular complexity index is 849. The molecule has 3 aromatic rings. The molecule has 1 atom stereocenters. The van der Waals surface area contributed by atoms with Crippen molar-refractivity contribution in [2.75, 3.05) is 12.4 Å². The van der Waals surface area contributed by atoms with Crippen LogP contribution in [0.15, 0.2) is 53.5 Å². The molecule has 0 radical (unpaired) electrons. The second-order valence-electron chi connectivity index (χ2n) is 5.78. The van der Waals surface area contributed by atoms with Gasteiger partial charge in [-0.05, 0) is 43.2 Å². The first kappa shape index (κ1) is 16.6. The minimum Gasteiger partial charge on any atom is -0.423 e. The fraction of sp³-hybridized carbons (Fsp3) is 0.222. The molecule has 7 heteroatoms. The van der Waals surface area contributed by atoms with Gasteiger partial charge in [-0.15, -0.1) is 10.2 Å². The van der Waals surface area contributed by atoms with Crippen molar-refractivity contribution in [3.63, 3.8) is 0 Å². The molecule has 0 saturated heterocycles. The monoisotopic (exact) mass is 337 g/mol. The van der Waals surface area contributed by atoms with Gasteiger partial charge in [-0.25, -0.2) is 4.79 Å². The first-order chi connectivity index (χ1) is 12.1. The number of carbonyl (C=O) groups is 1. The zero-order chi connectivity index (χ0) is 17.8. The van der Waals surface area contributed by atoms with Crippen molar-refractivity contribution in [1.82, 2.24) is 20.1 Å². The fourth-order valence-corrected chi connectivity index (χ4v) is 2.41. The van der Waals surface area contributed by atoms with Crippen LogP contribution in [0.5, 0.6) is 0 Å². The summed E-state index contributed by atoms with van der Waals surface area (Å²) >= 11 is 0. The highest BCUT2D eigenvalue weighted by molar-refractivity contribution is 5.91. The molecule has 2 amide bonds. The van der Waals surface area contributed by atoms with Crippen LogP contribution in [-0.4, -0.2) is 33.2 Å². The number of anilines is 1. The zero-order valence-corrected chi connectivity index (χ0v) is 14.3. The number of urea groups is 1. The molecule has 2 heterocycles. The van der Waals surface area contributed by atoms with E-state index in [9.17, 15) is 4.79 Å². The summed E-state index contributed by atoms with van der Waals surface area (Å²) < 4.78 is 5.21. The Morgan fingerprint density at radius 2 is 2.16 bits per heavy atom. The maximum atomic E-state index is 12.6. The second kappa shape index (κ2) is 7.12. The first-order valence-corrected chi connectivity index (χ1v) is 7.87. The van der Waals surface area contributed by atoms with Crippen molar-refractivity contribution in [2.24, 2.45) is 0 Å². The standard InChI is InChI=1S/C18H19N5O2/c1-12-6-7-14(17-22-20-11-25-17)9-16(12)21-18(24)23(3)13(2)15-5-4-8-19-10-15/h4-11,13H,1-3H3,(H,21,24)/t13-/m1/s1. The quantitative estimate of drug-likeness (QED) is 0.785. The number of aromatic nitrogens is 3. The lowest BCUT2D eigenvalue weighted by molar-refractivity contribution is 0.208. The van der Waals surface area contributed by atoms with Crippen LogP contribution in [-0.2, 0) is 0 Å². The predicted molar refractivity (Wildman–Crippen MR) is 93.9 cm³/mol. The zero-order valence-electron chi connectivity index (χ0n) is 14.3. The third-order valence-electron chi connectivity index (χ3n) is 4.15. The van der Waals surface area contributed by atoms with E-state index in [1.807, 2.05) is 44.2 Å². The summed E-state index contributed by atoms with van der Waals surface area (Å²) in [4.78, 5) is 18.4. The summed E-state index contributed by atoms with van der Waals surface area (Å²) in [6.07, 6.45) is 4.75. The van der Waals surface area contributed by atoms with Crippen molar-refractivity contribution >= 4 is 11.7 Å². The number of pyridine rings is 1. The Morgan fingerprint density at radius 1 is 1.32 bits per heavy atom. The van der Waals surface area contributed by atoms with Gasteiger partial charge in [0.25, 0.3) is 0 Å². The molecule has 0 aliphatic carbocycles. The van der Waals surface area contributed by atoms with Crippen LogP contribution in [0.4, 0.5) is 10.5 Å². The lowest BCUT2D eigenvalue weighted by Gasteiger charge is -2.25. The van der Waals surface area contributed by atoms with Crippen LogP contribution in [0.25, 0.3) is 11.5 Å². The van der Waals surface area contributed by atoms with E-state index < -0.39 is 0 Å². The van der Waals surface area contributed by atoms with Crippen molar-refractivity contribution in [3.8, 4) is 11.5 Å². The van der Waals surface area contributed by atoms with Gasteiger partial charge in [-0.3, -0.25) is 4.98 Å². The second-order valence-corrected chi connectivity index (χ2v) is 5.78. The van der Waals surface area contributed by atoms with Gasteiger partial charge in [0.2, 0.25) is 12.3 Å². The Hall–Kier alpha value is -3.22. The molecular formula is C18H19N5O2. The topological polar surface area (TPSA) is 84.2 Å². The Labute approximate surface area is 145 Å². The maximum Gasteiger partial charge on any atom is 0.322 e.